The number of anilines is 2. The predicted octanol–water partition coefficient (Wildman–Crippen LogP) is 7.23. The maximum atomic E-state index is 14.4. The minimum absolute atomic E-state index is 0.0133. The van der Waals surface area contributed by atoms with E-state index in [-0.39, 0.29) is 53.4 Å². The van der Waals surface area contributed by atoms with Gasteiger partial charge in [-0.3, -0.25) is 10.4 Å². The summed E-state index contributed by atoms with van der Waals surface area (Å²) in [6.45, 7) is 5.83. The van der Waals surface area contributed by atoms with Gasteiger partial charge in [0.05, 0.1) is 30.8 Å². The van der Waals surface area contributed by atoms with Crippen molar-refractivity contribution < 1.29 is 40.7 Å². The minimum atomic E-state index is -4.73. The van der Waals surface area contributed by atoms with E-state index in [0.29, 0.717) is 12.1 Å². The summed E-state index contributed by atoms with van der Waals surface area (Å²) in [5.41, 5.74) is 1.65. The fourth-order valence-corrected chi connectivity index (χ4v) is 4.47. The van der Waals surface area contributed by atoms with Gasteiger partial charge in [0.1, 0.15) is 17.1 Å². The summed E-state index contributed by atoms with van der Waals surface area (Å²) in [4.78, 5) is 17.7. The van der Waals surface area contributed by atoms with Gasteiger partial charge in [0.15, 0.2) is 29.3 Å². The molecule has 0 amide bonds. The van der Waals surface area contributed by atoms with Crippen molar-refractivity contribution in [2.45, 2.75) is 39.4 Å². The summed E-state index contributed by atoms with van der Waals surface area (Å²) in [5, 5.41) is 5.08. The third kappa shape index (κ3) is 6.24. The van der Waals surface area contributed by atoms with E-state index in [9.17, 15) is 26.7 Å². The summed E-state index contributed by atoms with van der Waals surface area (Å²) in [6.07, 6.45) is 0.0747. The molecule has 1 N–H and O–H groups in total. The zero-order valence-corrected chi connectivity index (χ0v) is 23.9. The number of imidazole rings is 1. The van der Waals surface area contributed by atoms with E-state index in [1.165, 1.54) is 58.5 Å². The average Bonchev–Trinajstić information content (AvgIpc) is 3.64. The summed E-state index contributed by atoms with van der Waals surface area (Å²) >= 11 is 0. The van der Waals surface area contributed by atoms with Crippen LogP contribution in [0.2, 0.25) is 0 Å². The van der Waals surface area contributed by atoms with Gasteiger partial charge in [-0.05, 0) is 48.7 Å². The van der Waals surface area contributed by atoms with E-state index in [4.69, 9.17) is 14.0 Å². The van der Waals surface area contributed by atoms with Crippen LogP contribution in [0.25, 0.3) is 17.3 Å². The molecule has 0 saturated heterocycles. The van der Waals surface area contributed by atoms with Crippen LogP contribution in [0.3, 0.4) is 0 Å². The molecular formula is C30H28F5N5O4. The Labute approximate surface area is 248 Å². The van der Waals surface area contributed by atoms with Crippen LogP contribution in [-0.2, 0) is 15.7 Å². The lowest BCUT2D eigenvalue weighted by atomic mass is 10.0. The van der Waals surface area contributed by atoms with Crippen molar-refractivity contribution in [2.24, 2.45) is 5.92 Å². The van der Waals surface area contributed by atoms with E-state index in [1.54, 1.807) is 0 Å². The maximum absolute atomic E-state index is 14.4. The lowest BCUT2D eigenvalue weighted by Crippen LogP contribution is -2.29. The topological polar surface area (TPSA) is 94.7 Å². The number of carbonyl (C=O) groups excluding carboxylic acids is 1. The third-order valence-electron chi connectivity index (χ3n) is 6.53. The zero-order valence-electron chi connectivity index (χ0n) is 23.9. The molecular weight excluding hydrogens is 589 g/mol. The number of aromatic nitrogens is 3. The highest BCUT2D eigenvalue weighted by Crippen LogP contribution is 2.40. The number of carbonyl (C=O) groups is 1. The number of fused-ring (bicyclic) bond motifs is 1. The number of esters is 1. The monoisotopic (exact) mass is 617 g/mol. The van der Waals surface area contributed by atoms with Crippen LogP contribution in [0.4, 0.5) is 33.5 Å². The van der Waals surface area contributed by atoms with Gasteiger partial charge in [0.2, 0.25) is 0 Å². The van der Waals surface area contributed by atoms with Gasteiger partial charge in [-0.15, -0.1) is 0 Å². The van der Waals surface area contributed by atoms with Crippen LogP contribution in [0, 0.1) is 17.6 Å². The maximum Gasteiger partial charge on any atom is 0.417 e. The van der Waals surface area contributed by atoms with E-state index in [2.05, 4.69) is 15.6 Å². The van der Waals surface area contributed by atoms with Crippen LogP contribution in [0.5, 0.6) is 5.75 Å². The first-order valence-corrected chi connectivity index (χ1v) is 13.7. The average molecular weight is 618 g/mol. The van der Waals surface area contributed by atoms with Crippen molar-refractivity contribution in [1.29, 1.82) is 0 Å². The lowest BCUT2D eigenvalue weighted by molar-refractivity contribution is -0.148. The fourth-order valence-electron chi connectivity index (χ4n) is 4.47. The summed E-state index contributed by atoms with van der Waals surface area (Å²) < 4.78 is 88.1. The van der Waals surface area contributed by atoms with Crippen molar-refractivity contribution >= 4 is 23.6 Å². The van der Waals surface area contributed by atoms with E-state index < -0.39 is 35.4 Å². The largest absolute Gasteiger partial charge is 0.494 e. The molecule has 0 spiro atoms. The summed E-state index contributed by atoms with van der Waals surface area (Å²) in [6, 6.07) is 7.11. The van der Waals surface area contributed by atoms with Gasteiger partial charge in [-0.1, -0.05) is 32.0 Å². The Hall–Kier alpha value is -4.88. The fraction of sp³-hybridized carbons (Fsp3) is 0.300. The van der Waals surface area contributed by atoms with E-state index >= 15 is 0 Å². The number of ether oxygens (including phenoxy) is 2. The van der Waals surface area contributed by atoms with E-state index in [0.717, 1.165) is 12.1 Å². The molecule has 9 nitrogen and oxygen atoms in total. The molecule has 1 atom stereocenters. The molecule has 14 heteroatoms. The quantitative estimate of drug-likeness (QED) is 0.147. The van der Waals surface area contributed by atoms with Crippen LogP contribution < -0.4 is 15.2 Å². The van der Waals surface area contributed by atoms with Gasteiger partial charge in [0, 0.05) is 17.8 Å². The van der Waals surface area contributed by atoms with Crippen molar-refractivity contribution in [1.82, 2.24) is 14.7 Å². The molecule has 232 valence electrons. The Morgan fingerprint density at radius 1 is 1.14 bits per heavy atom. The van der Waals surface area contributed by atoms with Crippen molar-refractivity contribution in [3.8, 4) is 17.0 Å². The smallest absolute Gasteiger partial charge is 0.417 e. The number of alkyl halides is 3. The Bertz CT molecular complexity index is 1680. The molecule has 0 radical (unpaired) electrons. The first-order valence-electron chi connectivity index (χ1n) is 13.7. The predicted molar refractivity (Wildman–Crippen MR) is 150 cm³/mol. The number of nitrogens with one attached hydrogen (secondary N) is 1. The van der Waals surface area contributed by atoms with Gasteiger partial charge in [-0.2, -0.15) is 13.2 Å². The molecule has 1 aliphatic rings. The number of hydrogen-bond acceptors (Lipinski definition) is 8. The van der Waals surface area contributed by atoms with Crippen LogP contribution in [0.1, 0.15) is 50.3 Å². The highest BCUT2D eigenvalue weighted by Gasteiger charge is 2.37. The lowest BCUT2D eigenvalue weighted by Gasteiger charge is -2.26. The van der Waals surface area contributed by atoms with Gasteiger partial charge in [0.25, 0.3) is 0 Å². The molecule has 1 unspecified atom stereocenters. The van der Waals surface area contributed by atoms with Crippen molar-refractivity contribution in [3.05, 3.63) is 83.6 Å². The summed E-state index contributed by atoms with van der Waals surface area (Å²) in [5.74, 6) is -2.79. The Balaban J connectivity index is 1.52. The molecule has 0 saturated carbocycles. The Kier molecular flexibility index (Phi) is 8.61. The second-order valence-corrected chi connectivity index (χ2v) is 10.4. The number of benzene rings is 2. The highest BCUT2D eigenvalue weighted by molar-refractivity contribution is 5.80. The zero-order chi connectivity index (χ0) is 31.6. The van der Waals surface area contributed by atoms with Crippen molar-refractivity contribution in [3.63, 3.8) is 0 Å². The van der Waals surface area contributed by atoms with Crippen LogP contribution >= 0.6 is 0 Å². The number of rotatable bonds is 10. The first-order chi connectivity index (χ1) is 21.0. The molecule has 2 aromatic carbocycles. The van der Waals surface area contributed by atoms with Crippen LogP contribution in [0.15, 0.2) is 59.5 Å². The molecule has 3 heterocycles. The first kappa shape index (κ1) is 30.6. The Morgan fingerprint density at radius 3 is 2.66 bits per heavy atom. The highest BCUT2D eigenvalue weighted by atomic mass is 19.4. The van der Waals surface area contributed by atoms with Crippen LogP contribution in [-0.4, -0.2) is 33.9 Å². The standard InChI is InChI=1S/C30H28F5N5O4/c1-4-12-42-18-8-9-19(20(13-18)30(33,34)35)22-14-25(44-38-22)27(29(41)43-15-17(2)3)39-16-36-28-24(39)10-11-40(37-28)23-7-5-6-21(31)26(23)32/h5-11,13-14,16-17,27,37H,4,12,15H2,1-3H3. The van der Waals surface area contributed by atoms with Gasteiger partial charge < -0.3 is 18.6 Å². The SMILES string of the molecule is CCCOc1ccc(-c2cc(C(C(=O)OCC(C)C)n3cnc4c3C=CN(c3cccc(F)c3F)N4)on2)c(C(F)(F)F)c1. The molecule has 0 bridgehead atoms. The second kappa shape index (κ2) is 12.4. The molecule has 2 aromatic heterocycles. The minimum Gasteiger partial charge on any atom is -0.494 e. The molecule has 0 fully saturated rings. The van der Waals surface area contributed by atoms with Gasteiger partial charge >= 0.3 is 12.1 Å². The van der Waals surface area contributed by atoms with Crippen molar-refractivity contribution in [2.75, 3.05) is 23.6 Å². The second-order valence-electron chi connectivity index (χ2n) is 10.4. The summed E-state index contributed by atoms with van der Waals surface area (Å²) in [7, 11) is 0. The number of hydrogen-bond donors (Lipinski definition) is 1. The number of nitrogens with zero attached hydrogens (tertiary/aromatic N) is 4. The molecule has 4 aromatic rings. The molecule has 1 aliphatic heterocycles. The molecule has 0 aliphatic carbocycles. The Morgan fingerprint density at radius 2 is 1.93 bits per heavy atom. The molecule has 5 rings (SSSR count). The third-order valence-corrected chi connectivity index (χ3v) is 6.53. The number of hydrazine groups is 1. The normalized spacial score (nSPS) is 13.5. The number of halogens is 5. The van der Waals surface area contributed by atoms with Gasteiger partial charge in [-0.25, -0.2) is 18.6 Å². The van der Waals surface area contributed by atoms with E-state index in [1.807, 2.05) is 20.8 Å². The molecule has 44 heavy (non-hydrogen) atoms.